The molecule has 1 aromatic rings. The van der Waals surface area contributed by atoms with E-state index < -0.39 is 0 Å². The maximum absolute atomic E-state index is 9.37. The van der Waals surface area contributed by atoms with Gasteiger partial charge in [-0.25, -0.2) is 9.67 Å². The number of hydrogen-bond acceptors (Lipinski definition) is 5. The second kappa shape index (κ2) is 8.43. The van der Waals surface area contributed by atoms with Gasteiger partial charge in [0.15, 0.2) is 11.8 Å². The van der Waals surface area contributed by atoms with E-state index in [-0.39, 0.29) is 18.1 Å². The Morgan fingerprint density at radius 3 is 2.96 bits per heavy atom. The highest BCUT2D eigenvalue weighted by Crippen LogP contribution is 2.15. The molecule has 0 aliphatic carbocycles. The summed E-state index contributed by atoms with van der Waals surface area (Å²) in [6, 6.07) is 0.254. The number of aryl methyl sites for hydroxylation is 1. The van der Waals surface area contributed by atoms with Gasteiger partial charge in [0.1, 0.15) is 12.4 Å². The van der Waals surface area contributed by atoms with Crippen molar-refractivity contribution >= 4 is 5.96 Å². The summed E-state index contributed by atoms with van der Waals surface area (Å²) in [5, 5.41) is 20.6. The zero-order valence-electron chi connectivity index (χ0n) is 15.2. The first-order valence-corrected chi connectivity index (χ1v) is 8.54. The van der Waals surface area contributed by atoms with E-state index in [4.69, 9.17) is 4.74 Å². The molecule has 2 rings (SSSR count). The van der Waals surface area contributed by atoms with Gasteiger partial charge in [0, 0.05) is 38.1 Å². The molecule has 136 valence electrons. The first-order valence-electron chi connectivity index (χ1n) is 8.54. The molecule has 1 unspecified atom stereocenters. The number of nitrogens with zero attached hydrogens (tertiary/aromatic N) is 4. The Kier molecular flexibility index (Phi) is 6.56. The average Bonchev–Trinajstić information content (AvgIpc) is 2.95. The molecule has 3 N–H and O–H groups in total. The third-order valence-corrected chi connectivity index (χ3v) is 3.95. The number of aromatic nitrogens is 3. The molecule has 2 heterocycles. The van der Waals surface area contributed by atoms with Crippen LogP contribution >= 0.6 is 0 Å². The van der Waals surface area contributed by atoms with E-state index in [1.54, 1.807) is 7.11 Å². The molecular formula is C16H30N6O2. The summed E-state index contributed by atoms with van der Waals surface area (Å²) in [4.78, 5) is 9.11. The maximum Gasteiger partial charge on any atom is 0.191 e. The van der Waals surface area contributed by atoms with Crippen molar-refractivity contribution in [2.24, 2.45) is 10.4 Å². The predicted octanol–water partition coefficient (Wildman–Crippen LogP) is 0.313. The van der Waals surface area contributed by atoms with Gasteiger partial charge in [0.05, 0.1) is 13.1 Å². The van der Waals surface area contributed by atoms with Crippen LogP contribution in [0.4, 0.5) is 0 Å². The molecule has 1 aliphatic heterocycles. The predicted molar refractivity (Wildman–Crippen MR) is 92.8 cm³/mol. The number of fused-ring (bicyclic) bond motifs is 1. The lowest BCUT2D eigenvalue weighted by Gasteiger charge is -2.26. The van der Waals surface area contributed by atoms with Crippen LogP contribution < -0.4 is 10.6 Å². The zero-order valence-corrected chi connectivity index (χ0v) is 15.2. The molecular weight excluding hydrogens is 308 g/mol. The first kappa shape index (κ1) is 18.7. The minimum absolute atomic E-state index is 0.115. The van der Waals surface area contributed by atoms with E-state index in [0.717, 1.165) is 43.5 Å². The number of guanidine groups is 1. The highest BCUT2D eigenvalue weighted by molar-refractivity contribution is 5.80. The molecule has 8 heteroatoms. The van der Waals surface area contributed by atoms with Crippen molar-refractivity contribution in [3.63, 3.8) is 0 Å². The van der Waals surface area contributed by atoms with Crippen molar-refractivity contribution < 1.29 is 9.84 Å². The SMILES string of the molecule is CCNC(=NCC(C)(C)CO)NC1CCc2nc(COC)nn2C1. The highest BCUT2D eigenvalue weighted by atomic mass is 16.5. The molecule has 0 amide bonds. The number of aliphatic imine (C=N–C) groups is 1. The Hall–Kier alpha value is -1.67. The van der Waals surface area contributed by atoms with Gasteiger partial charge in [-0.3, -0.25) is 4.99 Å². The Balaban J connectivity index is 1.98. The maximum atomic E-state index is 9.37. The van der Waals surface area contributed by atoms with Crippen molar-refractivity contribution in [3.8, 4) is 0 Å². The second-order valence-electron chi connectivity index (χ2n) is 6.96. The summed E-state index contributed by atoms with van der Waals surface area (Å²) in [5.41, 5.74) is -0.219. The fraction of sp³-hybridized carbons (Fsp3) is 0.812. The molecule has 0 radical (unpaired) electrons. The summed E-state index contributed by atoms with van der Waals surface area (Å²) >= 11 is 0. The van der Waals surface area contributed by atoms with E-state index in [9.17, 15) is 5.11 Å². The van der Waals surface area contributed by atoms with Crippen LogP contribution in [-0.2, 0) is 24.3 Å². The van der Waals surface area contributed by atoms with Crippen LogP contribution in [-0.4, -0.2) is 58.7 Å². The minimum atomic E-state index is -0.219. The largest absolute Gasteiger partial charge is 0.396 e. The third kappa shape index (κ3) is 5.17. The molecule has 0 spiro atoms. The van der Waals surface area contributed by atoms with Gasteiger partial charge in [-0.15, -0.1) is 0 Å². The van der Waals surface area contributed by atoms with Crippen LogP contribution in [0.3, 0.4) is 0 Å². The summed E-state index contributed by atoms with van der Waals surface area (Å²) in [6.45, 7) is 8.73. The number of aliphatic hydroxyl groups is 1. The standard InChI is InChI=1S/C16H30N6O2/c1-5-17-15(18-10-16(2,3)11-23)19-12-6-7-14-20-13(9-24-4)21-22(14)8-12/h12,23H,5-11H2,1-4H3,(H2,17,18,19). The zero-order chi connectivity index (χ0) is 17.6. The van der Waals surface area contributed by atoms with Gasteiger partial charge in [-0.2, -0.15) is 5.10 Å². The Morgan fingerprint density at radius 1 is 1.50 bits per heavy atom. The van der Waals surface area contributed by atoms with Crippen LogP contribution in [0.5, 0.6) is 0 Å². The van der Waals surface area contributed by atoms with Gasteiger partial charge < -0.3 is 20.5 Å². The van der Waals surface area contributed by atoms with E-state index in [2.05, 4.69) is 25.7 Å². The Morgan fingerprint density at radius 2 is 2.29 bits per heavy atom. The first-order chi connectivity index (χ1) is 11.5. The van der Waals surface area contributed by atoms with E-state index >= 15 is 0 Å². The number of aliphatic hydroxyl groups excluding tert-OH is 1. The number of hydrogen-bond donors (Lipinski definition) is 3. The average molecular weight is 338 g/mol. The molecule has 0 aromatic carbocycles. The number of ether oxygens (including phenoxy) is 1. The van der Waals surface area contributed by atoms with Gasteiger partial charge >= 0.3 is 0 Å². The van der Waals surface area contributed by atoms with Crippen LogP contribution in [0.1, 0.15) is 38.8 Å². The van der Waals surface area contributed by atoms with Crippen molar-refractivity contribution in [2.45, 2.75) is 52.8 Å². The molecule has 1 aromatic heterocycles. The number of methoxy groups -OCH3 is 1. The fourth-order valence-electron chi connectivity index (χ4n) is 2.53. The topological polar surface area (TPSA) is 96.6 Å². The Bertz CT molecular complexity index is 555. The highest BCUT2D eigenvalue weighted by Gasteiger charge is 2.23. The number of rotatable bonds is 7. The molecule has 0 saturated heterocycles. The third-order valence-electron chi connectivity index (χ3n) is 3.95. The van der Waals surface area contributed by atoms with Gasteiger partial charge in [-0.05, 0) is 13.3 Å². The van der Waals surface area contributed by atoms with Crippen molar-refractivity contribution in [1.82, 2.24) is 25.4 Å². The molecule has 0 saturated carbocycles. The molecule has 24 heavy (non-hydrogen) atoms. The lowest BCUT2D eigenvalue weighted by atomic mass is 9.95. The van der Waals surface area contributed by atoms with Crippen LogP contribution in [0.25, 0.3) is 0 Å². The van der Waals surface area contributed by atoms with Crippen molar-refractivity contribution in [3.05, 3.63) is 11.6 Å². The van der Waals surface area contributed by atoms with Crippen LogP contribution in [0, 0.1) is 5.41 Å². The molecule has 1 aliphatic rings. The monoisotopic (exact) mass is 338 g/mol. The van der Waals surface area contributed by atoms with E-state index in [1.165, 1.54) is 0 Å². The second-order valence-corrected chi connectivity index (χ2v) is 6.96. The molecule has 0 fully saturated rings. The van der Waals surface area contributed by atoms with Crippen molar-refractivity contribution in [1.29, 1.82) is 0 Å². The summed E-state index contributed by atoms with van der Waals surface area (Å²) < 4.78 is 7.05. The summed E-state index contributed by atoms with van der Waals surface area (Å²) in [5.74, 6) is 2.53. The van der Waals surface area contributed by atoms with E-state index in [1.807, 2.05) is 25.5 Å². The lowest BCUT2D eigenvalue weighted by Crippen LogP contribution is -2.47. The molecule has 8 nitrogen and oxygen atoms in total. The molecule has 1 atom stereocenters. The summed E-state index contributed by atoms with van der Waals surface area (Å²) in [7, 11) is 1.65. The van der Waals surface area contributed by atoms with Crippen LogP contribution in [0.2, 0.25) is 0 Å². The van der Waals surface area contributed by atoms with Crippen molar-refractivity contribution in [2.75, 3.05) is 26.8 Å². The van der Waals surface area contributed by atoms with Gasteiger partial charge in [0.2, 0.25) is 0 Å². The van der Waals surface area contributed by atoms with Crippen LogP contribution in [0.15, 0.2) is 4.99 Å². The van der Waals surface area contributed by atoms with Gasteiger partial charge in [0.25, 0.3) is 0 Å². The fourth-order valence-corrected chi connectivity index (χ4v) is 2.53. The van der Waals surface area contributed by atoms with Gasteiger partial charge in [-0.1, -0.05) is 13.8 Å². The normalized spacial score (nSPS) is 18.4. The smallest absolute Gasteiger partial charge is 0.191 e. The lowest BCUT2D eigenvalue weighted by molar-refractivity contribution is 0.167. The Labute approximate surface area is 143 Å². The quantitative estimate of drug-likeness (QED) is 0.489. The van der Waals surface area contributed by atoms with E-state index in [0.29, 0.717) is 13.2 Å². The number of nitrogens with one attached hydrogen (secondary N) is 2. The summed E-state index contributed by atoms with van der Waals surface area (Å²) in [6.07, 6.45) is 1.87. The minimum Gasteiger partial charge on any atom is -0.396 e. The molecule has 0 bridgehead atoms.